The van der Waals surface area contributed by atoms with Crippen LogP contribution in [0.2, 0.25) is 0 Å². The highest BCUT2D eigenvalue weighted by Crippen LogP contribution is 2.27. The number of phenolic OH excluding ortho intramolecular Hbond substituents is 1. The highest BCUT2D eigenvalue weighted by atomic mass is 16.5. The van der Waals surface area contributed by atoms with Gasteiger partial charge in [0.2, 0.25) is 6.08 Å². The van der Waals surface area contributed by atoms with Gasteiger partial charge in [-0.3, -0.25) is 0 Å². The second-order valence-corrected chi connectivity index (χ2v) is 2.86. The lowest BCUT2D eigenvalue weighted by molar-refractivity contribution is 0.403. The van der Waals surface area contributed by atoms with Crippen molar-refractivity contribution in [3.05, 3.63) is 23.3 Å². The molecule has 0 fully saturated rings. The predicted octanol–water partition coefficient (Wildman–Crippen LogP) is 1.55. The molecule has 0 atom stereocenters. The third kappa shape index (κ3) is 2.12. The minimum atomic E-state index is 0.0754. The van der Waals surface area contributed by atoms with Gasteiger partial charge in [0.05, 0.1) is 13.7 Å². The normalized spacial score (nSPS) is 9.29. The molecule has 0 spiro atoms. The van der Waals surface area contributed by atoms with Crippen molar-refractivity contribution < 1.29 is 14.6 Å². The van der Waals surface area contributed by atoms with Gasteiger partial charge in [-0.2, -0.15) is 0 Å². The third-order valence-corrected chi connectivity index (χ3v) is 1.91. The number of phenols is 1. The molecule has 4 heteroatoms. The van der Waals surface area contributed by atoms with E-state index < -0.39 is 0 Å². The van der Waals surface area contributed by atoms with E-state index in [1.165, 1.54) is 19.3 Å². The van der Waals surface area contributed by atoms with Crippen LogP contribution in [0.1, 0.15) is 11.1 Å². The smallest absolute Gasteiger partial charge is 0.235 e. The summed E-state index contributed by atoms with van der Waals surface area (Å²) in [6.07, 6.45) is 1.42. The Morgan fingerprint density at radius 3 is 2.86 bits per heavy atom. The molecule has 1 N–H and O–H groups in total. The van der Waals surface area contributed by atoms with Crippen LogP contribution in [-0.4, -0.2) is 18.3 Å². The van der Waals surface area contributed by atoms with Crippen LogP contribution in [0.15, 0.2) is 17.1 Å². The summed E-state index contributed by atoms with van der Waals surface area (Å²) in [5.74, 6) is 0.688. The van der Waals surface area contributed by atoms with Gasteiger partial charge in [-0.05, 0) is 18.6 Å². The SMILES string of the molecule is COc1cc(O)c(CN=C=O)cc1C. The van der Waals surface area contributed by atoms with E-state index in [-0.39, 0.29) is 12.3 Å². The summed E-state index contributed by atoms with van der Waals surface area (Å²) < 4.78 is 5.02. The van der Waals surface area contributed by atoms with Crippen molar-refractivity contribution in [2.24, 2.45) is 4.99 Å². The van der Waals surface area contributed by atoms with Gasteiger partial charge in [-0.15, -0.1) is 0 Å². The predicted molar refractivity (Wildman–Crippen MR) is 51.2 cm³/mol. The third-order valence-electron chi connectivity index (χ3n) is 1.91. The van der Waals surface area contributed by atoms with Crippen LogP contribution in [0.25, 0.3) is 0 Å². The summed E-state index contributed by atoms with van der Waals surface area (Å²) >= 11 is 0. The molecule has 1 aromatic carbocycles. The number of ether oxygens (including phenoxy) is 1. The number of aryl methyl sites for hydroxylation is 1. The molecule has 0 bridgehead atoms. The van der Waals surface area contributed by atoms with E-state index in [9.17, 15) is 9.90 Å². The molecule has 0 saturated heterocycles. The fourth-order valence-corrected chi connectivity index (χ4v) is 1.20. The second kappa shape index (κ2) is 4.44. The standard InChI is InChI=1S/C10H11NO3/c1-7-3-8(5-11-6-12)9(13)4-10(7)14-2/h3-4,13H,5H2,1-2H3. The Bertz CT molecular complexity index is 381. The maximum atomic E-state index is 9.90. The summed E-state index contributed by atoms with van der Waals surface area (Å²) in [5.41, 5.74) is 1.48. The molecule has 1 rings (SSSR count). The Morgan fingerprint density at radius 2 is 2.29 bits per heavy atom. The number of methoxy groups -OCH3 is 1. The zero-order chi connectivity index (χ0) is 10.6. The second-order valence-electron chi connectivity index (χ2n) is 2.86. The van der Waals surface area contributed by atoms with Gasteiger partial charge in [0, 0.05) is 11.6 Å². The number of aliphatic imine (C=N–C) groups is 1. The number of benzene rings is 1. The molecule has 0 aromatic heterocycles. The van der Waals surface area contributed by atoms with E-state index >= 15 is 0 Å². The molecule has 14 heavy (non-hydrogen) atoms. The van der Waals surface area contributed by atoms with Crippen LogP contribution in [0.4, 0.5) is 0 Å². The topological polar surface area (TPSA) is 58.9 Å². The van der Waals surface area contributed by atoms with Crippen LogP contribution in [0.3, 0.4) is 0 Å². The van der Waals surface area contributed by atoms with Gasteiger partial charge in [0.25, 0.3) is 0 Å². The lowest BCUT2D eigenvalue weighted by atomic mass is 10.1. The molecule has 1 aromatic rings. The lowest BCUT2D eigenvalue weighted by Gasteiger charge is -2.07. The Kier molecular flexibility index (Phi) is 3.26. The van der Waals surface area contributed by atoms with Gasteiger partial charge in [0.15, 0.2) is 0 Å². The fraction of sp³-hybridized carbons (Fsp3) is 0.300. The molecule has 0 unspecified atom stereocenters. The summed E-state index contributed by atoms with van der Waals surface area (Å²) in [6, 6.07) is 3.24. The molecule has 0 saturated carbocycles. The van der Waals surface area contributed by atoms with Crippen LogP contribution in [0, 0.1) is 6.92 Å². The largest absolute Gasteiger partial charge is 0.507 e. The van der Waals surface area contributed by atoms with E-state index in [4.69, 9.17) is 4.74 Å². The molecule has 74 valence electrons. The van der Waals surface area contributed by atoms with Crippen molar-refractivity contribution >= 4 is 6.08 Å². The lowest BCUT2D eigenvalue weighted by Crippen LogP contribution is -1.90. The highest BCUT2D eigenvalue weighted by Gasteiger charge is 2.05. The van der Waals surface area contributed by atoms with Crippen molar-refractivity contribution in [2.75, 3.05) is 7.11 Å². The van der Waals surface area contributed by atoms with Crippen molar-refractivity contribution in [2.45, 2.75) is 13.5 Å². The fourth-order valence-electron chi connectivity index (χ4n) is 1.20. The minimum Gasteiger partial charge on any atom is -0.507 e. The number of rotatable bonds is 3. The Labute approximate surface area is 81.9 Å². The van der Waals surface area contributed by atoms with Crippen LogP contribution >= 0.6 is 0 Å². The van der Waals surface area contributed by atoms with E-state index in [1.807, 2.05) is 6.92 Å². The number of aromatic hydroxyl groups is 1. The summed E-state index contributed by atoms with van der Waals surface area (Å²) in [4.78, 5) is 13.3. The van der Waals surface area contributed by atoms with Crippen molar-refractivity contribution in [1.29, 1.82) is 0 Å². The van der Waals surface area contributed by atoms with Gasteiger partial charge in [0.1, 0.15) is 11.5 Å². The number of nitrogens with zero attached hydrogens (tertiary/aromatic N) is 1. The number of hydrogen-bond acceptors (Lipinski definition) is 4. The van der Waals surface area contributed by atoms with E-state index in [0.29, 0.717) is 11.3 Å². The van der Waals surface area contributed by atoms with Crippen LogP contribution in [-0.2, 0) is 11.3 Å². The molecule has 0 aliphatic carbocycles. The quantitative estimate of drug-likeness (QED) is 0.585. The molecule has 0 heterocycles. The van der Waals surface area contributed by atoms with Crippen LogP contribution < -0.4 is 4.74 Å². The zero-order valence-electron chi connectivity index (χ0n) is 8.07. The minimum absolute atomic E-state index is 0.0754. The molecule has 0 radical (unpaired) electrons. The Morgan fingerprint density at radius 1 is 1.57 bits per heavy atom. The maximum absolute atomic E-state index is 9.90. The first-order valence-electron chi connectivity index (χ1n) is 4.09. The number of hydrogen-bond donors (Lipinski definition) is 1. The molecule has 0 aliphatic rings. The average Bonchev–Trinajstić information content (AvgIpc) is 2.18. The molecule has 4 nitrogen and oxygen atoms in total. The molecular weight excluding hydrogens is 182 g/mol. The summed E-state index contributed by atoms with van der Waals surface area (Å²) in [7, 11) is 1.53. The molecule has 0 amide bonds. The first-order chi connectivity index (χ1) is 6.69. The number of carbonyl (C=O) groups excluding carboxylic acids is 1. The average molecular weight is 193 g/mol. The zero-order valence-corrected chi connectivity index (χ0v) is 8.07. The maximum Gasteiger partial charge on any atom is 0.235 e. The van der Waals surface area contributed by atoms with Crippen molar-refractivity contribution in [1.82, 2.24) is 0 Å². The number of isocyanates is 1. The highest BCUT2D eigenvalue weighted by molar-refractivity contribution is 5.46. The van der Waals surface area contributed by atoms with Gasteiger partial charge in [-0.1, -0.05) is 0 Å². The van der Waals surface area contributed by atoms with E-state index in [0.717, 1.165) is 5.56 Å². The first kappa shape index (κ1) is 10.3. The summed E-state index contributed by atoms with van der Waals surface area (Å²) in [6.45, 7) is 1.99. The van der Waals surface area contributed by atoms with Gasteiger partial charge < -0.3 is 9.84 Å². The molecular formula is C10H11NO3. The monoisotopic (exact) mass is 193 g/mol. The summed E-state index contributed by atoms with van der Waals surface area (Å²) in [5, 5.41) is 9.50. The first-order valence-corrected chi connectivity index (χ1v) is 4.09. The Balaban J connectivity index is 3.08. The van der Waals surface area contributed by atoms with Crippen molar-refractivity contribution in [3.63, 3.8) is 0 Å². The van der Waals surface area contributed by atoms with E-state index in [2.05, 4.69) is 4.99 Å². The molecule has 0 aliphatic heterocycles. The van der Waals surface area contributed by atoms with Crippen molar-refractivity contribution in [3.8, 4) is 11.5 Å². The van der Waals surface area contributed by atoms with Gasteiger partial charge >= 0.3 is 0 Å². The van der Waals surface area contributed by atoms with Gasteiger partial charge in [-0.25, -0.2) is 9.79 Å². The Hall–Kier alpha value is -1.80. The van der Waals surface area contributed by atoms with E-state index in [1.54, 1.807) is 6.07 Å². The van der Waals surface area contributed by atoms with Crippen LogP contribution in [0.5, 0.6) is 11.5 Å².